The molecule has 0 aromatic heterocycles. The van der Waals surface area contributed by atoms with Crippen LogP contribution >= 0.6 is 0 Å². The summed E-state index contributed by atoms with van der Waals surface area (Å²) in [6.45, 7) is 2.54. The van der Waals surface area contributed by atoms with Gasteiger partial charge in [0.2, 0.25) is 0 Å². The zero-order valence-corrected chi connectivity index (χ0v) is 17.8. The van der Waals surface area contributed by atoms with Crippen molar-refractivity contribution in [1.82, 2.24) is 5.32 Å². The van der Waals surface area contributed by atoms with Gasteiger partial charge in [0.1, 0.15) is 5.75 Å². The lowest BCUT2D eigenvalue weighted by atomic mass is 10.1. The molecule has 5 nitrogen and oxygen atoms in total. The summed E-state index contributed by atoms with van der Waals surface area (Å²) >= 11 is 0. The lowest BCUT2D eigenvalue weighted by Gasteiger charge is -2.18. The van der Waals surface area contributed by atoms with E-state index < -0.39 is 6.10 Å². The minimum absolute atomic E-state index is 0.0854. The molecule has 3 rings (SSSR count). The maximum atomic E-state index is 12.6. The van der Waals surface area contributed by atoms with Gasteiger partial charge in [0.25, 0.3) is 5.91 Å². The second-order valence-corrected chi connectivity index (χ2v) is 7.08. The van der Waals surface area contributed by atoms with E-state index in [0.717, 1.165) is 34.9 Å². The van der Waals surface area contributed by atoms with E-state index in [9.17, 15) is 4.79 Å². The van der Waals surface area contributed by atoms with Gasteiger partial charge in [-0.1, -0.05) is 49.4 Å². The molecule has 0 saturated heterocycles. The van der Waals surface area contributed by atoms with Crippen molar-refractivity contribution in [3.8, 4) is 17.2 Å². The number of hydrogen-bond acceptors (Lipinski definition) is 4. The van der Waals surface area contributed by atoms with E-state index >= 15 is 0 Å². The average Bonchev–Trinajstić information content (AvgIpc) is 2.79. The fourth-order valence-electron chi connectivity index (χ4n) is 3.43. The highest BCUT2D eigenvalue weighted by Crippen LogP contribution is 2.28. The van der Waals surface area contributed by atoms with E-state index in [0.29, 0.717) is 24.5 Å². The second kappa shape index (κ2) is 10.5. The van der Waals surface area contributed by atoms with Crippen molar-refractivity contribution >= 4 is 16.7 Å². The summed E-state index contributed by atoms with van der Waals surface area (Å²) in [5.74, 6) is 2.08. The molecule has 0 fully saturated rings. The predicted molar refractivity (Wildman–Crippen MR) is 120 cm³/mol. The molecule has 158 valence electrons. The summed E-state index contributed by atoms with van der Waals surface area (Å²) in [4.78, 5) is 12.6. The van der Waals surface area contributed by atoms with Crippen molar-refractivity contribution in [2.75, 3.05) is 20.8 Å². The highest BCUT2D eigenvalue weighted by atomic mass is 16.5. The Bertz CT molecular complexity index is 981. The maximum Gasteiger partial charge on any atom is 0.261 e. The molecule has 0 aliphatic heterocycles. The number of benzene rings is 3. The van der Waals surface area contributed by atoms with Gasteiger partial charge >= 0.3 is 0 Å². The van der Waals surface area contributed by atoms with Crippen LogP contribution in [0.4, 0.5) is 0 Å². The lowest BCUT2D eigenvalue weighted by molar-refractivity contribution is -0.128. The Kier molecular flexibility index (Phi) is 7.55. The third-order valence-electron chi connectivity index (χ3n) is 5.07. The molecule has 0 aliphatic carbocycles. The molecule has 5 heteroatoms. The van der Waals surface area contributed by atoms with Gasteiger partial charge in [-0.25, -0.2) is 0 Å². The maximum absolute atomic E-state index is 12.6. The summed E-state index contributed by atoms with van der Waals surface area (Å²) in [6, 6.07) is 19.8. The molecule has 1 N–H and O–H groups in total. The number of amides is 1. The molecule has 0 unspecified atom stereocenters. The second-order valence-electron chi connectivity index (χ2n) is 7.08. The number of nitrogens with one attached hydrogen (secondary N) is 1. The van der Waals surface area contributed by atoms with E-state index in [1.54, 1.807) is 14.2 Å². The molecule has 1 atom stereocenters. The van der Waals surface area contributed by atoms with Crippen molar-refractivity contribution in [2.24, 2.45) is 0 Å². The molecule has 0 aliphatic rings. The lowest BCUT2D eigenvalue weighted by Crippen LogP contribution is -2.38. The molecule has 30 heavy (non-hydrogen) atoms. The van der Waals surface area contributed by atoms with Crippen molar-refractivity contribution in [1.29, 1.82) is 0 Å². The van der Waals surface area contributed by atoms with Crippen LogP contribution in [-0.2, 0) is 11.2 Å². The summed E-state index contributed by atoms with van der Waals surface area (Å²) in [5, 5.41) is 5.11. The number of aryl methyl sites for hydroxylation is 1. The third-order valence-corrected chi connectivity index (χ3v) is 5.07. The van der Waals surface area contributed by atoms with Gasteiger partial charge in [-0.2, -0.15) is 0 Å². The van der Waals surface area contributed by atoms with Crippen molar-refractivity contribution in [3.63, 3.8) is 0 Å². The first-order valence-corrected chi connectivity index (χ1v) is 10.3. The zero-order valence-electron chi connectivity index (χ0n) is 17.8. The Morgan fingerprint density at radius 1 is 0.933 bits per heavy atom. The first kappa shape index (κ1) is 21.5. The van der Waals surface area contributed by atoms with Crippen LogP contribution in [-0.4, -0.2) is 32.8 Å². The van der Waals surface area contributed by atoms with E-state index in [-0.39, 0.29) is 5.91 Å². The van der Waals surface area contributed by atoms with E-state index in [4.69, 9.17) is 14.2 Å². The molecule has 0 bridgehead atoms. The van der Waals surface area contributed by atoms with Gasteiger partial charge in [-0.15, -0.1) is 0 Å². The zero-order chi connectivity index (χ0) is 21.3. The third kappa shape index (κ3) is 5.23. The number of fused-ring (bicyclic) bond motifs is 1. The number of ether oxygens (including phenoxy) is 3. The summed E-state index contributed by atoms with van der Waals surface area (Å²) in [6.07, 6.45) is 1.75. The molecule has 0 saturated carbocycles. The first-order valence-electron chi connectivity index (χ1n) is 10.3. The van der Waals surface area contributed by atoms with Crippen LogP contribution in [0, 0.1) is 0 Å². The Hall–Kier alpha value is -3.21. The van der Waals surface area contributed by atoms with Gasteiger partial charge in [-0.05, 0) is 48.4 Å². The minimum Gasteiger partial charge on any atom is -0.493 e. The van der Waals surface area contributed by atoms with Crippen LogP contribution in [0.1, 0.15) is 25.3 Å². The SMILES string of the molecule is CC[C@@H](Oc1cccc2ccccc12)C(=O)NCCCc1ccc(OC)c(OC)c1. The Labute approximate surface area is 178 Å². The molecule has 3 aromatic carbocycles. The predicted octanol–water partition coefficient (Wildman–Crippen LogP) is 4.76. The summed E-state index contributed by atoms with van der Waals surface area (Å²) in [7, 11) is 3.25. The standard InChI is InChI=1S/C25H29NO4/c1-4-21(30-22-13-7-11-19-10-5-6-12-20(19)22)25(27)26-16-8-9-18-14-15-23(28-2)24(17-18)29-3/h5-7,10-15,17,21H,4,8-9,16H2,1-3H3,(H,26,27)/t21-/m1/s1. The number of methoxy groups -OCH3 is 2. The smallest absolute Gasteiger partial charge is 0.261 e. The Morgan fingerprint density at radius 2 is 1.70 bits per heavy atom. The van der Waals surface area contributed by atoms with Gasteiger partial charge in [-0.3, -0.25) is 4.79 Å². The highest BCUT2D eigenvalue weighted by Gasteiger charge is 2.18. The largest absolute Gasteiger partial charge is 0.493 e. The van der Waals surface area contributed by atoms with Gasteiger partial charge in [0, 0.05) is 11.9 Å². The summed E-state index contributed by atoms with van der Waals surface area (Å²) < 4.78 is 16.7. The van der Waals surface area contributed by atoms with Crippen LogP contribution in [0.25, 0.3) is 10.8 Å². The van der Waals surface area contributed by atoms with Gasteiger partial charge in [0.15, 0.2) is 17.6 Å². The van der Waals surface area contributed by atoms with E-state index in [1.165, 1.54) is 0 Å². The molecule has 3 aromatic rings. The van der Waals surface area contributed by atoms with Gasteiger partial charge < -0.3 is 19.5 Å². The number of rotatable bonds is 10. The highest BCUT2D eigenvalue weighted by molar-refractivity contribution is 5.89. The van der Waals surface area contributed by atoms with Crippen molar-refractivity contribution in [3.05, 3.63) is 66.2 Å². The topological polar surface area (TPSA) is 56.8 Å². The van der Waals surface area contributed by atoms with Crippen LogP contribution in [0.15, 0.2) is 60.7 Å². The Morgan fingerprint density at radius 3 is 2.47 bits per heavy atom. The molecule has 0 heterocycles. The summed E-state index contributed by atoms with van der Waals surface area (Å²) in [5.41, 5.74) is 1.14. The molecular formula is C25H29NO4. The van der Waals surface area contributed by atoms with Crippen LogP contribution in [0.5, 0.6) is 17.2 Å². The minimum atomic E-state index is -0.517. The van der Waals surface area contributed by atoms with Crippen molar-refractivity contribution < 1.29 is 19.0 Å². The fraction of sp³-hybridized carbons (Fsp3) is 0.320. The first-order chi connectivity index (χ1) is 14.7. The van der Waals surface area contributed by atoms with Crippen molar-refractivity contribution in [2.45, 2.75) is 32.3 Å². The Balaban J connectivity index is 1.53. The monoisotopic (exact) mass is 407 g/mol. The molecule has 1 amide bonds. The molecule has 0 spiro atoms. The van der Waals surface area contributed by atoms with Crippen LogP contribution in [0.2, 0.25) is 0 Å². The number of carbonyl (C=O) groups excluding carboxylic acids is 1. The van der Waals surface area contributed by atoms with E-state index in [1.807, 2.05) is 67.6 Å². The average molecular weight is 408 g/mol. The van der Waals surface area contributed by atoms with Crippen LogP contribution in [0.3, 0.4) is 0 Å². The number of carbonyl (C=O) groups is 1. The van der Waals surface area contributed by atoms with Gasteiger partial charge in [0.05, 0.1) is 14.2 Å². The van der Waals surface area contributed by atoms with E-state index in [2.05, 4.69) is 5.32 Å². The normalized spacial score (nSPS) is 11.7. The quantitative estimate of drug-likeness (QED) is 0.492. The number of hydrogen-bond donors (Lipinski definition) is 1. The van der Waals surface area contributed by atoms with Crippen LogP contribution < -0.4 is 19.5 Å². The molecule has 0 radical (unpaired) electrons. The molecular weight excluding hydrogens is 378 g/mol. The fourth-order valence-corrected chi connectivity index (χ4v) is 3.43.